The molecule has 0 saturated carbocycles. The minimum absolute atomic E-state index is 0.112. The number of nitrogens with one attached hydrogen (secondary N) is 1. The lowest BCUT2D eigenvalue weighted by molar-refractivity contribution is -0.274. The van der Waals surface area contributed by atoms with E-state index in [9.17, 15) is 18.0 Å². The number of benzene rings is 1. The SMILES string of the molecule is O=C(Nc1cccc(OC(F)(F)F)c1)c1cnccc1Cl. The highest BCUT2D eigenvalue weighted by Gasteiger charge is 2.31. The lowest BCUT2D eigenvalue weighted by Gasteiger charge is -2.11. The standard InChI is InChI=1S/C13H8ClF3N2O2/c14-11-4-5-18-7-10(11)12(20)19-8-2-1-3-9(6-8)21-13(15,16)17/h1-7H,(H,19,20). The number of carbonyl (C=O) groups is 1. The summed E-state index contributed by atoms with van der Waals surface area (Å²) in [4.78, 5) is 15.7. The number of pyridine rings is 1. The van der Waals surface area contributed by atoms with Gasteiger partial charge in [-0.3, -0.25) is 9.78 Å². The van der Waals surface area contributed by atoms with Gasteiger partial charge in [-0.2, -0.15) is 0 Å². The number of ether oxygens (including phenoxy) is 1. The van der Waals surface area contributed by atoms with Crippen LogP contribution in [-0.2, 0) is 0 Å². The Hall–Kier alpha value is -2.28. The molecule has 0 aliphatic rings. The Morgan fingerprint density at radius 3 is 2.71 bits per heavy atom. The first-order chi connectivity index (χ1) is 9.85. The second-order valence-electron chi connectivity index (χ2n) is 3.89. The molecule has 1 amide bonds. The molecule has 0 radical (unpaired) electrons. The third-order valence-electron chi connectivity index (χ3n) is 2.34. The molecule has 0 bridgehead atoms. The van der Waals surface area contributed by atoms with Crippen LogP contribution < -0.4 is 10.1 Å². The number of alkyl halides is 3. The van der Waals surface area contributed by atoms with Crippen LogP contribution in [0.25, 0.3) is 0 Å². The number of nitrogens with zero attached hydrogens (tertiary/aromatic N) is 1. The van der Waals surface area contributed by atoms with E-state index in [4.69, 9.17) is 11.6 Å². The summed E-state index contributed by atoms with van der Waals surface area (Å²) in [5, 5.41) is 2.60. The summed E-state index contributed by atoms with van der Waals surface area (Å²) in [5.41, 5.74) is 0.253. The number of hydrogen-bond donors (Lipinski definition) is 1. The van der Waals surface area contributed by atoms with Gasteiger partial charge in [-0.1, -0.05) is 17.7 Å². The first-order valence-corrected chi connectivity index (χ1v) is 5.99. The summed E-state index contributed by atoms with van der Waals surface area (Å²) < 4.78 is 40.1. The monoisotopic (exact) mass is 316 g/mol. The van der Waals surface area contributed by atoms with E-state index in [-0.39, 0.29) is 16.3 Å². The molecule has 0 fully saturated rings. The van der Waals surface area contributed by atoms with Crippen LogP contribution in [0.4, 0.5) is 18.9 Å². The maximum atomic E-state index is 12.1. The van der Waals surface area contributed by atoms with Crippen molar-refractivity contribution in [1.29, 1.82) is 0 Å². The van der Waals surface area contributed by atoms with Crippen LogP contribution in [0.3, 0.4) is 0 Å². The fourth-order valence-electron chi connectivity index (χ4n) is 1.51. The van der Waals surface area contributed by atoms with Crippen LogP contribution in [0.1, 0.15) is 10.4 Å². The molecule has 0 saturated heterocycles. The van der Waals surface area contributed by atoms with E-state index in [1.54, 1.807) is 0 Å². The van der Waals surface area contributed by atoms with E-state index in [0.29, 0.717) is 0 Å². The summed E-state index contributed by atoms with van der Waals surface area (Å²) in [5.74, 6) is -1.02. The average molecular weight is 317 g/mol. The van der Waals surface area contributed by atoms with Crippen molar-refractivity contribution in [3.05, 3.63) is 53.3 Å². The number of carbonyl (C=O) groups excluding carboxylic acids is 1. The van der Waals surface area contributed by atoms with Gasteiger partial charge in [0.15, 0.2) is 0 Å². The van der Waals surface area contributed by atoms with Gasteiger partial charge in [0.1, 0.15) is 5.75 Å². The lowest BCUT2D eigenvalue weighted by Crippen LogP contribution is -2.17. The minimum atomic E-state index is -4.80. The van der Waals surface area contributed by atoms with E-state index in [2.05, 4.69) is 15.0 Å². The molecule has 1 heterocycles. The van der Waals surface area contributed by atoms with E-state index in [0.717, 1.165) is 12.1 Å². The van der Waals surface area contributed by atoms with Crippen LogP contribution in [-0.4, -0.2) is 17.3 Å². The van der Waals surface area contributed by atoms with Gasteiger partial charge in [0.05, 0.1) is 10.6 Å². The molecule has 110 valence electrons. The van der Waals surface area contributed by atoms with Crippen molar-refractivity contribution in [1.82, 2.24) is 4.98 Å². The maximum absolute atomic E-state index is 12.1. The summed E-state index contributed by atoms with van der Waals surface area (Å²) in [6.45, 7) is 0. The minimum Gasteiger partial charge on any atom is -0.406 e. The zero-order valence-electron chi connectivity index (χ0n) is 10.3. The van der Waals surface area contributed by atoms with Crippen LogP contribution >= 0.6 is 11.6 Å². The van der Waals surface area contributed by atoms with Crippen LogP contribution in [0.2, 0.25) is 5.02 Å². The second-order valence-corrected chi connectivity index (χ2v) is 4.29. The maximum Gasteiger partial charge on any atom is 0.573 e. The highest BCUT2D eigenvalue weighted by Crippen LogP contribution is 2.25. The molecular formula is C13H8ClF3N2O2. The average Bonchev–Trinajstić information content (AvgIpc) is 2.37. The number of hydrogen-bond acceptors (Lipinski definition) is 3. The molecule has 0 aliphatic carbocycles. The Morgan fingerprint density at radius 2 is 2.05 bits per heavy atom. The summed E-state index contributed by atoms with van der Waals surface area (Å²) in [7, 11) is 0. The quantitative estimate of drug-likeness (QED) is 0.934. The van der Waals surface area contributed by atoms with E-state index in [1.165, 1.54) is 30.6 Å². The first kappa shape index (κ1) is 15.1. The molecule has 8 heteroatoms. The highest BCUT2D eigenvalue weighted by molar-refractivity contribution is 6.34. The molecule has 21 heavy (non-hydrogen) atoms. The largest absolute Gasteiger partial charge is 0.573 e. The number of halogens is 4. The van der Waals surface area contributed by atoms with Gasteiger partial charge < -0.3 is 10.1 Å². The fourth-order valence-corrected chi connectivity index (χ4v) is 1.70. The Bertz CT molecular complexity index is 662. The van der Waals surface area contributed by atoms with Gasteiger partial charge in [0.2, 0.25) is 0 Å². The van der Waals surface area contributed by atoms with Crippen molar-refractivity contribution in [2.75, 3.05) is 5.32 Å². The molecule has 0 atom stereocenters. The van der Waals surface area contributed by atoms with Crippen LogP contribution in [0.5, 0.6) is 5.75 Å². The highest BCUT2D eigenvalue weighted by atomic mass is 35.5. The van der Waals surface area contributed by atoms with Crippen LogP contribution in [0, 0.1) is 0 Å². The molecule has 2 rings (SSSR count). The third kappa shape index (κ3) is 4.35. The first-order valence-electron chi connectivity index (χ1n) is 5.62. The van der Waals surface area contributed by atoms with Crippen molar-refractivity contribution in [2.45, 2.75) is 6.36 Å². The smallest absolute Gasteiger partial charge is 0.406 e. The summed E-state index contributed by atoms with van der Waals surface area (Å²) >= 11 is 5.83. The molecule has 1 aromatic carbocycles. The van der Waals surface area contributed by atoms with Gasteiger partial charge in [-0.25, -0.2) is 0 Å². The fraction of sp³-hybridized carbons (Fsp3) is 0.0769. The van der Waals surface area contributed by atoms with E-state index >= 15 is 0 Å². The number of anilines is 1. The predicted octanol–water partition coefficient (Wildman–Crippen LogP) is 3.89. The molecule has 2 aromatic rings. The zero-order valence-corrected chi connectivity index (χ0v) is 11.1. The Morgan fingerprint density at radius 1 is 1.29 bits per heavy atom. The van der Waals surface area contributed by atoms with Crippen molar-refractivity contribution in [3.8, 4) is 5.75 Å². The number of amides is 1. The van der Waals surface area contributed by atoms with Gasteiger partial charge >= 0.3 is 6.36 Å². The Kier molecular flexibility index (Phi) is 4.32. The number of aromatic nitrogens is 1. The predicted molar refractivity (Wildman–Crippen MR) is 70.3 cm³/mol. The normalized spacial score (nSPS) is 11.0. The van der Waals surface area contributed by atoms with Crippen molar-refractivity contribution in [2.24, 2.45) is 0 Å². The molecule has 4 nitrogen and oxygen atoms in total. The molecule has 0 aliphatic heterocycles. The van der Waals surface area contributed by atoms with Crippen molar-refractivity contribution >= 4 is 23.2 Å². The van der Waals surface area contributed by atoms with E-state index in [1.807, 2.05) is 0 Å². The second kappa shape index (κ2) is 6.01. The van der Waals surface area contributed by atoms with E-state index < -0.39 is 18.0 Å². The third-order valence-corrected chi connectivity index (χ3v) is 2.67. The van der Waals surface area contributed by atoms with Gasteiger partial charge in [-0.15, -0.1) is 13.2 Å². The topological polar surface area (TPSA) is 51.2 Å². The van der Waals surface area contributed by atoms with Crippen molar-refractivity contribution < 1.29 is 22.7 Å². The molecule has 1 N–H and O–H groups in total. The van der Waals surface area contributed by atoms with Crippen LogP contribution in [0.15, 0.2) is 42.7 Å². The summed E-state index contributed by atoms with van der Waals surface area (Å²) in [6.07, 6.45) is -2.13. The molecule has 1 aromatic heterocycles. The van der Waals surface area contributed by atoms with Crippen molar-refractivity contribution in [3.63, 3.8) is 0 Å². The molecular weight excluding hydrogens is 309 g/mol. The zero-order chi connectivity index (χ0) is 15.5. The number of rotatable bonds is 3. The van der Waals surface area contributed by atoms with Gasteiger partial charge in [0, 0.05) is 24.1 Å². The summed E-state index contributed by atoms with van der Waals surface area (Å²) in [6, 6.07) is 6.35. The van der Waals surface area contributed by atoms with Gasteiger partial charge in [-0.05, 0) is 18.2 Å². The Balaban J connectivity index is 2.15. The molecule has 0 unspecified atom stereocenters. The lowest BCUT2D eigenvalue weighted by atomic mass is 10.2. The van der Waals surface area contributed by atoms with Gasteiger partial charge in [0.25, 0.3) is 5.91 Å². The Labute approximate surface area is 122 Å². The molecule has 0 spiro atoms.